The van der Waals surface area contributed by atoms with Crippen LogP contribution >= 0.6 is 0 Å². The van der Waals surface area contributed by atoms with Crippen LogP contribution in [0.3, 0.4) is 0 Å². The largest absolute Gasteiger partial charge is 0.379 e. The monoisotopic (exact) mass is 344 g/mol. The van der Waals surface area contributed by atoms with Crippen molar-refractivity contribution < 1.29 is 9.47 Å². The summed E-state index contributed by atoms with van der Waals surface area (Å²) in [7, 11) is 0. The van der Waals surface area contributed by atoms with Crippen molar-refractivity contribution in [3.63, 3.8) is 0 Å². The van der Waals surface area contributed by atoms with Crippen LogP contribution in [0.4, 0.5) is 0 Å². The van der Waals surface area contributed by atoms with Gasteiger partial charge in [0.2, 0.25) is 0 Å². The smallest absolute Gasteiger partial charge is 0.0685 e. The summed E-state index contributed by atoms with van der Waals surface area (Å²) in [6.45, 7) is 10.6. The maximum absolute atomic E-state index is 5.98. The van der Waals surface area contributed by atoms with Crippen LogP contribution in [-0.4, -0.2) is 62.5 Å². The molecule has 4 rings (SSSR count). The van der Waals surface area contributed by atoms with E-state index in [1.807, 2.05) is 0 Å². The SMILES string of the molecule is CC1(C)[C@H](N[C@H](Cc2ccccc2)CN2CCOCC2)[C@@H]2CCO[C@H]21. The summed E-state index contributed by atoms with van der Waals surface area (Å²) in [6.07, 6.45) is 2.75. The standard InChI is InChI=1S/C21H32N2O2/c1-21(2)19(18-8-11-25-20(18)21)22-17(14-16-6-4-3-5-7-16)15-23-9-12-24-13-10-23/h3-7,17-20,22H,8-15H2,1-2H3/t17-,18+,19-,20-/m1/s1. The van der Waals surface area contributed by atoms with Gasteiger partial charge in [-0.05, 0) is 18.4 Å². The molecule has 0 bridgehead atoms. The summed E-state index contributed by atoms with van der Waals surface area (Å²) in [5.41, 5.74) is 1.66. The van der Waals surface area contributed by atoms with Crippen LogP contribution in [0.25, 0.3) is 0 Å². The normalized spacial score (nSPS) is 32.8. The number of hydrogen-bond acceptors (Lipinski definition) is 4. The van der Waals surface area contributed by atoms with Crippen molar-refractivity contribution in [1.82, 2.24) is 10.2 Å². The van der Waals surface area contributed by atoms with Gasteiger partial charge in [-0.25, -0.2) is 0 Å². The van der Waals surface area contributed by atoms with E-state index >= 15 is 0 Å². The van der Waals surface area contributed by atoms with Crippen LogP contribution < -0.4 is 5.32 Å². The number of fused-ring (bicyclic) bond motifs is 1. The molecule has 1 aromatic rings. The Morgan fingerprint density at radius 2 is 1.92 bits per heavy atom. The molecule has 4 nitrogen and oxygen atoms in total. The predicted octanol–water partition coefficient (Wildman–Crippen LogP) is 2.33. The second-order valence-electron chi connectivity index (χ2n) is 8.51. The highest BCUT2D eigenvalue weighted by Crippen LogP contribution is 2.52. The summed E-state index contributed by atoms with van der Waals surface area (Å²) in [5, 5.41) is 4.05. The molecule has 1 saturated carbocycles. The molecule has 4 heteroatoms. The zero-order valence-electron chi connectivity index (χ0n) is 15.6. The van der Waals surface area contributed by atoms with Crippen LogP contribution in [0.15, 0.2) is 30.3 Å². The molecular weight excluding hydrogens is 312 g/mol. The zero-order chi connectivity index (χ0) is 17.3. The topological polar surface area (TPSA) is 33.7 Å². The fourth-order valence-corrected chi connectivity index (χ4v) is 5.09. The molecule has 1 aromatic carbocycles. The van der Waals surface area contributed by atoms with Crippen molar-refractivity contribution in [2.45, 2.75) is 44.9 Å². The number of ether oxygens (including phenoxy) is 2. The molecule has 3 fully saturated rings. The van der Waals surface area contributed by atoms with Gasteiger partial charge in [0.1, 0.15) is 0 Å². The highest BCUT2D eigenvalue weighted by atomic mass is 16.5. The minimum absolute atomic E-state index is 0.237. The second-order valence-corrected chi connectivity index (χ2v) is 8.51. The number of nitrogens with one attached hydrogen (secondary N) is 1. The molecule has 2 saturated heterocycles. The van der Waals surface area contributed by atoms with Crippen molar-refractivity contribution in [2.75, 3.05) is 39.5 Å². The Kier molecular flexibility index (Phi) is 5.14. The van der Waals surface area contributed by atoms with Gasteiger partial charge < -0.3 is 14.8 Å². The molecule has 0 unspecified atom stereocenters. The minimum atomic E-state index is 0.237. The van der Waals surface area contributed by atoms with Crippen molar-refractivity contribution in [1.29, 1.82) is 0 Å². The lowest BCUT2D eigenvalue weighted by Gasteiger charge is -2.56. The van der Waals surface area contributed by atoms with Crippen molar-refractivity contribution in [3.05, 3.63) is 35.9 Å². The van der Waals surface area contributed by atoms with Gasteiger partial charge in [-0.1, -0.05) is 44.2 Å². The number of benzene rings is 1. The first-order valence-electron chi connectivity index (χ1n) is 9.86. The molecule has 0 aromatic heterocycles. The summed E-state index contributed by atoms with van der Waals surface area (Å²) >= 11 is 0. The molecule has 0 spiro atoms. The van der Waals surface area contributed by atoms with Gasteiger partial charge in [0.25, 0.3) is 0 Å². The molecule has 138 valence electrons. The highest BCUT2D eigenvalue weighted by molar-refractivity contribution is 5.17. The summed E-state index contributed by atoms with van der Waals surface area (Å²) in [4.78, 5) is 2.55. The summed E-state index contributed by atoms with van der Waals surface area (Å²) < 4.78 is 11.5. The molecule has 25 heavy (non-hydrogen) atoms. The molecule has 3 aliphatic rings. The maximum atomic E-state index is 5.98. The van der Waals surface area contributed by atoms with E-state index in [9.17, 15) is 0 Å². The van der Waals surface area contributed by atoms with Crippen LogP contribution in [0.1, 0.15) is 25.8 Å². The summed E-state index contributed by atoms with van der Waals surface area (Å²) in [6, 6.07) is 11.9. The van der Waals surface area contributed by atoms with E-state index in [2.05, 4.69) is 54.4 Å². The average molecular weight is 344 g/mol. The van der Waals surface area contributed by atoms with Gasteiger partial charge in [0.15, 0.2) is 0 Å². The van der Waals surface area contributed by atoms with E-state index < -0.39 is 0 Å². The Morgan fingerprint density at radius 3 is 2.68 bits per heavy atom. The van der Waals surface area contributed by atoms with E-state index in [1.54, 1.807) is 0 Å². The van der Waals surface area contributed by atoms with Crippen LogP contribution in [0.2, 0.25) is 0 Å². The van der Waals surface area contributed by atoms with Crippen LogP contribution in [0.5, 0.6) is 0 Å². The van der Waals surface area contributed by atoms with Crippen molar-refractivity contribution in [3.8, 4) is 0 Å². The Bertz CT molecular complexity index is 556. The predicted molar refractivity (Wildman–Crippen MR) is 99.7 cm³/mol. The molecule has 2 aliphatic heterocycles. The Hall–Kier alpha value is -0.940. The summed E-state index contributed by atoms with van der Waals surface area (Å²) in [5.74, 6) is 0.693. The van der Waals surface area contributed by atoms with E-state index in [-0.39, 0.29) is 5.41 Å². The zero-order valence-corrected chi connectivity index (χ0v) is 15.6. The van der Waals surface area contributed by atoms with Crippen LogP contribution in [0, 0.1) is 11.3 Å². The van der Waals surface area contributed by atoms with Gasteiger partial charge in [0, 0.05) is 49.7 Å². The van der Waals surface area contributed by atoms with E-state index in [0.29, 0.717) is 24.1 Å². The van der Waals surface area contributed by atoms with E-state index in [4.69, 9.17) is 9.47 Å². The number of morpholine rings is 1. The highest BCUT2D eigenvalue weighted by Gasteiger charge is 2.59. The van der Waals surface area contributed by atoms with Crippen LogP contribution in [-0.2, 0) is 15.9 Å². The molecule has 0 amide bonds. The fourth-order valence-electron chi connectivity index (χ4n) is 5.09. The third-order valence-corrected chi connectivity index (χ3v) is 6.42. The molecule has 0 radical (unpaired) electrons. The maximum Gasteiger partial charge on any atom is 0.0685 e. The lowest BCUT2D eigenvalue weighted by molar-refractivity contribution is -0.116. The van der Waals surface area contributed by atoms with Gasteiger partial charge >= 0.3 is 0 Å². The number of hydrogen-bond donors (Lipinski definition) is 1. The third-order valence-electron chi connectivity index (χ3n) is 6.42. The molecule has 1 N–H and O–H groups in total. The van der Waals surface area contributed by atoms with Gasteiger partial charge in [0.05, 0.1) is 19.3 Å². The lowest BCUT2D eigenvalue weighted by Crippen LogP contribution is -2.68. The molecule has 1 aliphatic carbocycles. The Morgan fingerprint density at radius 1 is 1.16 bits per heavy atom. The number of nitrogens with zero attached hydrogens (tertiary/aromatic N) is 1. The first-order chi connectivity index (χ1) is 12.1. The van der Waals surface area contributed by atoms with Crippen molar-refractivity contribution >= 4 is 0 Å². The minimum Gasteiger partial charge on any atom is -0.379 e. The quantitative estimate of drug-likeness (QED) is 0.859. The molecule has 4 atom stereocenters. The van der Waals surface area contributed by atoms with Gasteiger partial charge in [-0.15, -0.1) is 0 Å². The van der Waals surface area contributed by atoms with Gasteiger partial charge in [-0.3, -0.25) is 4.90 Å². The Balaban J connectivity index is 1.44. The molecule has 2 heterocycles. The van der Waals surface area contributed by atoms with E-state index in [1.165, 1.54) is 12.0 Å². The Labute approximate surface area is 151 Å². The second kappa shape index (κ2) is 7.36. The number of rotatable bonds is 6. The average Bonchev–Trinajstić information content (AvgIpc) is 3.08. The van der Waals surface area contributed by atoms with E-state index in [0.717, 1.165) is 45.9 Å². The first-order valence-corrected chi connectivity index (χ1v) is 9.86. The molecular formula is C21H32N2O2. The third kappa shape index (κ3) is 3.63. The fraction of sp³-hybridized carbons (Fsp3) is 0.714. The van der Waals surface area contributed by atoms with Gasteiger partial charge in [-0.2, -0.15) is 0 Å². The first kappa shape index (κ1) is 17.5. The lowest BCUT2D eigenvalue weighted by atomic mass is 9.57. The van der Waals surface area contributed by atoms with Crippen molar-refractivity contribution in [2.24, 2.45) is 11.3 Å².